The van der Waals surface area contributed by atoms with Gasteiger partial charge in [-0.1, -0.05) is 59.1 Å². The number of nitriles is 1. The third kappa shape index (κ3) is 6.66. The Morgan fingerprint density at radius 1 is 1.00 bits per heavy atom. The van der Waals surface area contributed by atoms with Gasteiger partial charge in [-0.3, -0.25) is 4.79 Å². The molecule has 5 nitrogen and oxygen atoms in total. The zero-order valence-corrected chi connectivity index (χ0v) is 19.8. The van der Waals surface area contributed by atoms with Crippen LogP contribution in [-0.2, 0) is 11.4 Å². The number of ether oxygens (including phenoxy) is 2. The molecule has 3 aromatic rings. The second-order valence-corrected chi connectivity index (χ2v) is 8.02. The van der Waals surface area contributed by atoms with E-state index in [0.29, 0.717) is 44.4 Å². The predicted molar refractivity (Wildman–Crippen MR) is 132 cm³/mol. The fraction of sp³-hybridized carbons (Fsp3) is 0.120. The molecule has 0 atom stereocenters. The number of halogens is 3. The Labute approximate surface area is 207 Å². The maximum Gasteiger partial charge on any atom is 0.266 e. The van der Waals surface area contributed by atoms with Gasteiger partial charge in [0.1, 0.15) is 18.2 Å². The molecule has 0 fully saturated rings. The first-order chi connectivity index (χ1) is 15.9. The minimum atomic E-state index is -0.612. The number of carbonyl (C=O) groups excluding carboxylic acids is 1. The zero-order chi connectivity index (χ0) is 23.8. The van der Waals surface area contributed by atoms with Crippen molar-refractivity contribution in [2.45, 2.75) is 13.5 Å². The average molecular weight is 502 g/mol. The van der Waals surface area contributed by atoms with Gasteiger partial charge in [0.05, 0.1) is 17.3 Å². The molecular formula is C25H19Cl3N2O3. The fourth-order valence-electron chi connectivity index (χ4n) is 2.87. The Bertz CT molecular complexity index is 1240. The van der Waals surface area contributed by atoms with E-state index < -0.39 is 5.91 Å². The van der Waals surface area contributed by atoms with Crippen molar-refractivity contribution in [2.75, 3.05) is 11.9 Å². The summed E-state index contributed by atoms with van der Waals surface area (Å²) in [5.41, 5.74) is 1.63. The highest BCUT2D eigenvalue weighted by Crippen LogP contribution is 2.31. The summed E-state index contributed by atoms with van der Waals surface area (Å²) in [5.74, 6) is 0.384. The molecule has 168 valence electrons. The van der Waals surface area contributed by atoms with Gasteiger partial charge in [0.2, 0.25) is 0 Å². The number of hydrogen-bond donors (Lipinski definition) is 1. The van der Waals surface area contributed by atoms with Gasteiger partial charge in [-0.05, 0) is 55.0 Å². The molecule has 0 aliphatic rings. The quantitative estimate of drug-likeness (QED) is 0.262. The van der Waals surface area contributed by atoms with E-state index in [1.54, 1.807) is 36.4 Å². The number of nitrogens with zero attached hydrogens (tertiary/aromatic N) is 1. The first-order valence-electron chi connectivity index (χ1n) is 9.92. The van der Waals surface area contributed by atoms with Gasteiger partial charge in [-0.25, -0.2) is 0 Å². The van der Waals surface area contributed by atoms with Crippen LogP contribution in [0.4, 0.5) is 5.69 Å². The minimum absolute atomic E-state index is 0.113. The third-order valence-corrected chi connectivity index (χ3v) is 5.39. The molecule has 1 N–H and O–H groups in total. The number of hydrogen-bond acceptors (Lipinski definition) is 4. The molecule has 3 aromatic carbocycles. The van der Waals surface area contributed by atoms with E-state index in [2.05, 4.69) is 5.32 Å². The van der Waals surface area contributed by atoms with Gasteiger partial charge >= 0.3 is 0 Å². The zero-order valence-electron chi connectivity index (χ0n) is 17.6. The van der Waals surface area contributed by atoms with Gasteiger partial charge < -0.3 is 14.8 Å². The highest BCUT2D eigenvalue weighted by atomic mass is 35.5. The molecule has 0 aromatic heterocycles. The van der Waals surface area contributed by atoms with Crippen molar-refractivity contribution < 1.29 is 14.3 Å². The summed E-state index contributed by atoms with van der Waals surface area (Å²) in [6.45, 7) is 2.53. The topological polar surface area (TPSA) is 71.3 Å². The second-order valence-electron chi connectivity index (χ2n) is 6.77. The second kappa shape index (κ2) is 11.6. The number of benzene rings is 3. The lowest BCUT2D eigenvalue weighted by atomic mass is 10.1. The van der Waals surface area contributed by atoms with Crippen LogP contribution in [0, 0.1) is 11.3 Å². The highest BCUT2D eigenvalue weighted by molar-refractivity contribution is 6.36. The number of amides is 1. The van der Waals surface area contributed by atoms with Crippen LogP contribution in [-0.4, -0.2) is 12.5 Å². The van der Waals surface area contributed by atoms with Crippen LogP contribution in [0.3, 0.4) is 0 Å². The van der Waals surface area contributed by atoms with Crippen molar-refractivity contribution in [2.24, 2.45) is 0 Å². The average Bonchev–Trinajstić information content (AvgIpc) is 2.80. The predicted octanol–water partition coefficient (Wildman–Crippen LogP) is 7.17. The van der Waals surface area contributed by atoms with Gasteiger partial charge in [0.25, 0.3) is 5.91 Å². The molecule has 3 rings (SSSR count). The lowest BCUT2D eigenvalue weighted by molar-refractivity contribution is -0.112. The lowest BCUT2D eigenvalue weighted by Gasteiger charge is -2.13. The van der Waals surface area contributed by atoms with Gasteiger partial charge in [0, 0.05) is 15.6 Å². The molecule has 33 heavy (non-hydrogen) atoms. The van der Waals surface area contributed by atoms with E-state index in [1.165, 1.54) is 12.1 Å². The van der Waals surface area contributed by atoms with Crippen LogP contribution in [0.1, 0.15) is 18.1 Å². The smallest absolute Gasteiger partial charge is 0.266 e. The molecule has 0 saturated heterocycles. The van der Waals surface area contributed by atoms with Crippen LogP contribution in [0.5, 0.6) is 11.5 Å². The van der Waals surface area contributed by atoms with E-state index in [-0.39, 0.29) is 12.2 Å². The monoisotopic (exact) mass is 500 g/mol. The van der Waals surface area contributed by atoms with Crippen LogP contribution in [0.25, 0.3) is 6.08 Å². The summed E-state index contributed by atoms with van der Waals surface area (Å²) in [7, 11) is 0. The number of carbonyl (C=O) groups is 1. The maximum absolute atomic E-state index is 12.6. The molecular weight excluding hydrogens is 483 g/mol. The van der Waals surface area contributed by atoms with Crippen molar-refractivity contribution >= 4 is 52.5 Å². The maximum atomic E-state index is 12.6. The summed E-state index contributed by atoms with van der Waals surface area (Å²) in [6, 6.07) is 19.1. The Kier molecular flexibility index (Phi) is 8.62. The van der Waals surface area contributed by atoms with E-state index in [9.17, 15) is 10.1 Å². The van der Waals surface area contributed by atoms with Gasteiger partial charge in [-0.2, -0.15) is 5.26 Å². The van der Waals surface area contributed by atoms with Crippen LogP contribution in [0.15, 0.2) is 66.2 Å². The molecule has 0 bridgehead atoms. The Balaban J connectivity index is 1.81. The summed E-state index contributed by atoms with van der Waals surface area (Å²) in [4.78, 5) is 12.6. The Hall–Kier alpha value is -3.17. The SMILES string of the molecule is CCOc1cc(/C=C(\C#N)C(=O)Nc2cc(Cl)ccc2Cl)ccc1OCc1ccccc1Cl. The molecule has 0 aliphatic carbocycles. The van der Waals surface area contributed by atoms with Gasteiger partial charge in [-0.15, -0.1) is 0 Å². The molecule has 0 heterocycles. The molecule has 1 amide bonds. The summed E-state index contributed by atoms with van der Waals surface area (Å²) < 4.78 is 11.6. The van der Waals surface area contributed by atoms with Crippen molar-refractivity contribution in [1.82, 2.24) is 0 Å². The van der Waals surface area contributed by atoms with Crippen LogP contribution in [0.2, 0.25) is 15.1 Å². The van der Waals surface area contributed by atoms with Crippen molar-refractivity contribution in [3.8, 4) is 17.6 Å². The standard InChI is InChI=1S/C25H19Cl3N2O3/c1-2-32-24-12-16(7-10-23(24)33-15-17-5-3-4-6-20(17)27)11-18(14-29)25(31)30-22-13-19(26)8-9-21(22)28/h3-13H,2,15H2,1H3,(H,30,31)/b18-11+. The first-order valence-corrected chi connectivity index (χ1v) is 11.1. The highest BCUT2D eigenvalue weighted by Gasteiger charge is 2.13. The van der Waals surface area contributed by atoms with E-state index in [1.807, 2.05) is 31.2 Å². The normalized spacial score (nSPS) is 10.9. The largest absolute Gasteiger partial charge is 0.490 e. The summed E-state index contributed by atoms with van der Waals surface area (Å²) in [6.07, 6.45) is 1.45. The van der Waals surface area contributed by atoms with E-state index in [4.69, 9.17) is 44.3 Å². The molecule has 0 radical (unpaired) electrons. The molecule has 0 unspecified atom stereocenters. The molecule has 8 heteroatoms. The van der Waals surface area contributed by atoms with Crippen molar-refractivity contribution in [3.63, 3.8) is 0 Å². The number of rotatable bonds is 8. The van der Waals surface area contributed by atoms with E-state index >= 15 is 0 Å². The summed E-state index contributed by atoms with van der Waals surface area (Å²) >= 11 is 18.2. The molecule has 0 aliphatic heterocycles. The van der Waals surface area contributed by atoms with Gasteiger partial charge in [0.15, 0.2) is 11.5 Å². The number of nitrogens with one attached hydrogen (secondary N) is 1. The van der Waals surface area contributed by atoms with Crippen LogP contribution >= 0.6 is 34.8 Å². The molecule has 0 saturated carbocycles. The number of anilines is 1. The summed E-state index contributed by atoms with van der Waals surface area (Å²) in [5, 5.41) is 13.4. The lowest BCUT2D eigenvalue weighted by Crippen LogP contribution is -2.13. The van der Waals surface area contributed by atoms with Crippen molar-refractivity contribution in [3.05, 3.63) is 92.4 Å². The Morgan fingerprint density at radius 2 is 1.79 bits per heavy atom. The fourth-order valence-corrected chi connectivity index (χ4v) is 3.40. The van der Waals surface area contributed by atoms with Crippen LogP contribution < -0.4 is 14.8 Å². The van der Waals surface area contributed by atoms with E-state index in [0.717, 1.165) is 5.56 Å². The molecule has 0 spiro atoms. The third-order valence-electron chi connectivity index (χ3n) is 4.46. The minimum Gasteiger partial charge on any atom is -0.490 e. The Morgan fingerprint density at radius 3 is 2.52 bits per heavy atom. The first kappa shape index (κ1) is 24.5. The van der Waals surface area contributed by atoms with Crippen molar-refractivity contribution in [1.29, 1.82) is 5.26 Å².